The molecular weight excluding hydrogens is 439 g/mol. The second-order valence-electron chi connectivity index (χ2n) is 9.26. The maximum absolute atomic E-state index is 12.0. The number of aryl methyl sites for hydroxylation is 2. The number of unbranched alkanes of at least 4 members (excludes halogenated alkanes) is 12. The molecule has 33 heavy (non-hydrogen) atoms. The molecule has 0 aliphatic rings. The van der Waals surface area contributed by atoms with E-state index in [4.69, 9.17) is 0 Å². The molecule has 180 valence electrons. The Morgan fingerprint density at radius 2 is 1.12 bits per heavy atom. The van der Waals surface area contributed by atoms with Crippen molar-refractivity contribution in [2.24, 2.45) is 0 Å². The molecule has 2 aromatic carbocycles. The third-order valence-corrected chi connectivity index (χ3v) is 7.43. The van der Waals surface area contributed by atoms with Gasteiger partial charge in [-0.15, -0.1) is 0 Å². The molecule has 0 radical (unpaired) electrons. The van der Waals surface area contributed by atoms with Gasteiger partial charge in [0.1, 0.15) is 10.1 Å². The molecule has 0 heterocycles. The van der Waals surface area contributed by atoms with Gasteiger partial charge in [0.15, 0.2) is 0 Å². The second-order valence-corrected chi connectivity index (χ2v) is 10.6. The Bertz CT molecular complexity index is 909. The monoisotopic (exact) mass is 482 g/mol. The minimum absolute atomic E-state index is 0. The topological polar surface area (TPSA) is 57.2 Å². The molecule has 0 N–H and O–H groups in total. The summed E-state index contributed by atoms with van der Waals surface area (Å²) >= 11 is 0. The van der Waals surface area contributed by atoms with E-state index in [9.17, 15) is 13.0 Å². The fourth-order valence-electron chi connectivity index (χ4n) is 4.69. The summed E-state index contributed by atoms with van der Waals surface area (Å²) in [5.74, 6) is 0. The SMILES string of the molecule is CCCCCCCCCc1ccc(S(=O)(=O)[O-])c2c(CCCCCCCCC)cccc12.[Na+]. The molecule has 0 fully saturated rings. The van der Waals surface area contributed by atoms with E-state index in [0.29, 0.717) is 5.39 Å². The number of hydrogen-bond acceptors (Lipinski definition) is 3. The van der Waals surface area contributed by atoms with Crippen LogP contribution in [0, 0.1) is 0 Å². The van der Waals surface area contributed by atoms with Gasteiger partial charge in [-0.3, -0.25) is 0 Å². The molecule has 3 nitrogen and oxygen atoms in total. The maximum Gasteiger partial charge on any atom is 1.00 e. The molecule has 0 aliphatic carbocycles. The molecule has 0 saturated heterocycles. The van der Waals surface area contributed by atoms with E-state index in [2.05, 4.69) is 13.8 Å². The van der Waals surface area contributed by atoms with E-state index in [-0.39, 0.29) is 34.5 Å². The van der Waals surface area contributed by atoms with E-state index in [1.807, 2.05) is 24.3 Å². The zero-order valence-electron chi connectivity index (χ0n) is 21.3. The summed E-state index contributed by atoms with van der Waals surface area (Å²) in [4.78, 5) is -0.0469. The summed E-state index contributed by atoms with van der Waals surface area (Å²) in [6, 6.07) is 9.44. The summed E-state index contributed by atoms with van der Waals surface area (Å²) < 4.78 is 36.1. The van der Waals surface area contributed by atoms with Crippen LogP contribution in [0.25, 0.3) is 10.8 Å². The smallest absolute Gasteiger partial charge is 0.744 e. The molecule has 0 amide bonds. The van der Waals surface area contributed by atoms with Crippen molar-refractivity contribution in [3.05, 3.63) is 41.5 Å². The molecule has 2 rings (SSSR count). The van der Waals surface area contributed by atoms with Gasteiger partial charge in [0.2, 0.25) is 0 Å². The Kier molecular flexibility index (Phi) is 15.9. The van der Waals surface area contributed by atoms with Crippen molar-refractivity contribution < 1.29 is 42.5 Å². The molecule has 0 aromatic heterocycles. The van der Waals surface area contributed by atoms with Crippen LogP contribution in [0.15, 0.2) is 35.2 Å². The third-order valence-electron chi connectivity index (χ3n) is 6.55. The minimum Gasteiger partial charge on any atom is -0.744 e. The van der Waals surface area contributed by atoms with Gasteiger partial charge in [-0.2, -0.15) is 0 Å². The van der Waals surface area contributed by atoms with Crippen LogP contribution in [0.3, 0.4) is 0 Å². The predicted molar refractivity (Wildman–Crippen MR) is 135 cm³/mol. The molecular formula is C28H43NaO3S. The number of benzene rings is 2. The Hall–Kier alpha value is -0.390. The minimum atomic E-state index is -4.50. The van der Waals surface area contributed by atoms with E-state index in [0.717, 1.165) is 43.1 Å². The largest absolute Gasteiger partial charge is 1.00 e. The fraction of sp³-hybridized carbons (Fsp3) is 0.643. The van der Waals surface area contributed by atoms with Gasteiger partial charge in [-0.05, 0) is 48.3 Å². The average molecular weight is 483 g/mol. The van der Waals surface area contributed by atoms with Gasteiger partial charge >= 0.3 is 29.6 Å². The van der Waals surface area contributed by atoms with E-state index >= 15 is 0 Å². The van der Waals surface area contributed by atoms with Gasteiger partial charge in [0.25, 0.3) is 0 Å². The van der Waals surface area contributed by atoms with E-state index in [1.165, 1.54) is 76.2 Å². The normalized spacial score (nSPS) is 11.6. The molecule has 0 atom stereocenters. The first-order chi connectivity index (χ1) is 15.5. The molecule has 0 bridgehead atoms. The Balaban J connectivity index is 0.00000544. The van der Waals surface area contributed by atoms with Crippen LogP contribution >= 0.6 is 0 Å². The number of fused-ring (bicyclic) bond motifs is 1. The Labute approximate surface area is 225 Å². The van der Waals surface area contributed by atoms with Crippen LogP contribution in [-0.2, 0) is 23.0 Å². The molecule has 0 aliphatic heterocycles. The summed E-state index contributed by atoms with van der Waals surface area (Å²) in [5, 5.41) is 1.63. The van der Waals surface area contributed by atoms with Gasteiger partial charge < -0.3 is 4.55 Å². The zero-order chi connectivity index (χ0) is 23.2. The van der Waals surface area contributed by atoms with Gasteiger partial charge in [0.05, 0.1) is 4.90 Å². The van der Waals surface area contributed by atoms with Crippen LogP contribution in [-0.4, -0.2) is 13.0 Å². The van der Waals surface area contributed by atoms with Gasteiger partial charge in [-0.1, -0.05) is 115 Å². The van der Waals surface area contributed by atoms with Crippen molar-refractivity contribution in [1.82, 2.24) is 0 Å². The average Bonchev–Trinajstić information content (AvgIpc) is 2.77. The van der Waals surface area contributed by atoms with Crippen molar-refractivity contribution in [2.75, 3.05) is 0 Å². The summed E-state index contributed by atoms with van der Waals surface area (Å²) in [6.45, 7) is 4.46. The van der Waals surface area contributed by atoms with Crippen LogP contribution in [0.5, 0.6) is 0 Å². The number of rotatable bonds is 17. The Morgan fingerprint density at radius 1 is 0.636 bits per heavy atom. The first-order valence-electron chi connectivity index (χ1n) is 13.0. The van der Waals surface area contributed by atoms with Crippen molar-refractivity contribution in [1.29, 1.82) is 0 Å². The van der Waals surface area contributed by atoms with Gasteiger partial charge in [-0.25, -0.2) is 8.42 Å². The van der Waals surface area contributed by atoms with Crippen LogP contribution in [0.1, 0.15) is 115 Å². The predicted octanol–water partition coefficient (Wildman–Crippen LogP) is 5.33. The Morgan fingerprint density at radius 3 is 1.64 bits per heavy atom. The van der Waals surface area contributed by atoms with Gasteiger partial charge in [0, 0.05) is 5.39 Å². The second kappa shape index (κ2) is 17.1. The van der Waals surface area contributed by atoms with Crippen LogP contribution < -0.4 is 29.6 Å². The summed E-state index contributed by atoms with van der Waals surface area (Å²) in [5.41, 5.74) is 2.18. The van der Waals surface area contributed by atoms with E-state index in [1.54, 1.807) is 6.07 Å². The van der Waals surface area contributed by atoms with Crippen LogP contribution in [0.4, 0.5) is 0 Å². The first kappa shape index (κ1) is 30.6. The molecule has 0 unspecified atom stereocenters. The standard InChI is InChI=1S/C28H44O3S.Na/c1-3-5-7-9-11-13-15-18-24-22-23-27(32(29,30)31)28-25(20-17-21-26(24)28)19-16-14-12-10-8-6-4-2;/h17,20-23H,3-16,18-19H2,1-2H3,(H,29,30,31);/q;+1/p-1. The summed E-state index contributed by atoms with van der Waals surface area (Å²) in [6.07, 6.45) is 19.0. The summed E-state index contributed by atoms with van der Waals surface area (Å²) in [7, 11) is -4.50. The van der Waals surface area contributed by atoms with Crippen molar-refractivity contribution in [2.45, 2.75) is 121 Å². The molecule has 0 saturated carbocycles. The maximum atomic E-state index is 12.0. The quantitative estimate of drug-likeness (QED) is 0.174. The molecule has 0 spiro atoms. The van der Waals surface area contributed by atoms with Crippen molar-refractivity contribution in [3.63, 3.8) is 0 Å². The first-order valence-corrected chi connectivity index (χ1v) is 14.4. The van der Waals surface area contributed by atoms with Crippen molar-refractivity contribution >= 4 is 20.9 Å². The van der Waals surface area contributed by atoms with E-state index < -0.39 is 10.1 Å². The fourth-order valence-corrected chi connectivity index (χ4v) is 5.41. The third kappa shape index (κ3) is 10.8. The zero-order valence-corrected chi connectivity index (χ0v) is 24.1. The number of hydrogen-bond donors (Lipinski definition) is 0. The van der Waals surface area contributed by atoms with Crippen LogP contribution in [0.2, 0.25) is 0 Å². The molecule has 2 aromatic rings. The molecule has 5 heteroatoms. The van der Waals surface area contributed by atoms with Crippen molar-refractivity contribution in [3.8, 4) is 0 Å².